The average molecular weight is 328 g/mol. The minimum absolute atomic E-state index is 0.332. The van der Waals surface area contributed by atoms with Crippen LogP contribution in [0.3, 0.4) is 0 Å². The number of halogens is 1. The van der Waals surface area contributed by atoms with Crippen molar-refractivity contribution >= 4 is 34.5 Å². The van der Waals surface area contributed by atoms with Gasteiger partial charge in [0.05, 0.1) is 5.02 Å². The van der Waals surface area contributed by atoms with Crippen molar-refractivity contribution in [1.29, 1.82) is 0 Å². The van der Waals surface area contributed by atoms with Gasteiger partial charge in [0.15, 0.2) is 0 Å². The predicted molar refractivity (Wildman–Crippen MR) is 97.4 cm³/mol. The molecule has 1 atom stereocenters. The molecule has 118 valence electrons. The highest BCUT2D eigenvalue weighted by Gasteiger charge is 2.07. The van der Waals surface area contributed by atoms with Gasteiger partial charge in [-0.2, -0.15) is 0 Å². The molecule has 0 aliphatic rings. The Balaban J connectivity index is 2.46. The van der Waals surface area contributed by atoms with Gasteiger partial charge in [0.25, 0.3) is 0 Å². The molecule has 1 unspecified atom stereocenters. The van der Waals surface area contributed by atoms with Crippen molar-refractivity contribution in [3.05, 3.63) is 28.8 Å². The molecular formula is C16H26ClN3S. The van der Waals surface area contributed by atoms with Crippen LogP contribution in [0.2, 0.25) is 5.02 Å². The van der Waals surface area contributed by atoms with E-state index in [9.17, 15) is 0 Å². The molecule has 0 fully saturated rings. The van der Waals surface area contributed by atoms with Gasteiger partial charge in [-0.3, -0.25) is 0 Å². The van der Waals surface area contributed by atoms with Gasteiger partial charge in [0, 0.05) is 17.3 Å². The highest BCUT2D eigenvalue weighted by atomic mass is 35.5. The third kappa shape index (κ3) is 6.20. The van der Waals surface area contributed by atoms with E-state index < -0.39 is 0 Å². The van der Waals surface area contributed by atoms with Gasteiger partial charge in [0.1, 0.15) is 4.99 Å². The van der Waals surface area contributed by atoms with Gasteiger partial charge < -0.3 is 16.0 Å². The molecule has 0 bridgehead atoms. The Kier molecular flexibility index (Phi) is 8.01. The molecule has 3 N–H and O–H groups in total. The number of rotatable bonds is 9. The topological polar surface area (TPSA) is 41.3 Å². The van der Waals surface area contributed by atoms with Gasteiger partial charge >= 0.3 is 0 Å². The van der Waals surface area contributed by atoms with Crippen molar-refractivity contribution in [3.8, 4) is 0 Å². The Hall–Kier alpha value is -0.840. The molecule has 0 aliphatic carbocycles. The first-order valence-corrected chi connectivity index (χ1v) is 8.34. The van der Waals surface area contributed by atoms with Crippen molar-refractivity contribution in [1.82, 2.24) is 4.90 Å². The lowest BCUT2D eigenvalue weighted by atomic mass is 10.1. The highest BCUT2D eigenvalue weighted by molar-refractivity contribution is 7.80. The molecule has 0 spiro atoms. The zero-order chi connectivity index (χ0) is 15.8. The molecule has 0 heterocycles. The van der Waals surface area contributed by atoms with Gasteiger partial charge in [-0.15, -0.1) is 0 Å². The normalized spacial score (nSPS) is 12.4. The van der Waals surface area contributed by atoms with E-state index in [1.165, 1.54) is 6.42 Å². The van der Waals surface area contributed by atoms with Crippen molar-refractivity contribution < 1.29 is 0 Å². The molecule has 5 heteroatoms. The second-order valence-corrected chi connectivity index (χ2v) is 6.12. The van der Waals surface area contributed by atoms with E-state index in [4.69, 9.17) is 29.6 Å². The smallest absolute Gasteiger partial charge is 0.105 e. The fraction of sp³-hybridized carbons (Fsp3) is 0.562. The summed E-state index contributed by atoms with van der Waals surface area (Å²) >= 11 is 11.1. The summed E-state index contributed by atoms with van der Waals surface area (Å²) in [6.07, 6.45) is 2.32. The minimum atomic E-state index is 0.332. The second-order valence-electron chi connectivity index (χ2n) is 5.27. The lowest BCUT2D eigenvalue weighted by Crippen LogP contribution is -2.25. The molecule has 1 aromatic rings. The minimum Gasteiger partial charge on any atom is -0.389 e. The number of benzene rings is 1. The van der Waals surface area contributed by atoms with Crippen LogP contribution in [0, 0.1) is 0 Å². The first-order chi connectivity index (χ1) is 9.97. The monoisotopic (exact) mass is 327 g/mol. The Morgan fingerprint density at radius 3 is 2.57 bits per heavy atom. The van der Waals surface area contributed by atoms with Crippen LogP contribution in [-0.4, -0.2) is 35.6 Å². The van der Waals surface area contributed by atoms with Crippen LogP contribution in [0.15, 0.2) is 18.2 Å². The summed E-state index contributed by atoms with van der Waals surface area (Å²) in [6, 6.07) is 6.14. The zero-order valence-electron chi connectivity index (χ0n) is 13.2. The summed E-state index contributed by atoms with van der Waals surface area (Å²) in [5.41, 5.74) is 7.35. The average Bonchev–Trinajstić information content (AvgIpc) is 2.43. The van der Waals surface area contributed by atoms with Crippen LogP contribution < -0.4 is 11.1 Å². The van der Waals surface area contributed by atoms with E-state index >= 15 is 0 Å². The highest BCUT2D eigenvalue weighted by Crippen LogP contribution is 2.22. The zero-order valence-corrected chi connectivity index (χ0v) is 14.7. The number of hydrogen-bond acceptors (Lipinski definition) is 3. The van der Waals surface area contributed by atoms with E-state index in [1.807, 2.05) is 18.2 Å². The molecule has 0 saturated carbocycles. The fourth-order valence-corrected chi connectivity index (χ4v) is 2.84. The summed E-state index contributed by atoms with van der Waals surface area (Å²) in [5, 5.41) is 4.07. The Morgan fingerprint density at radius 2 is 2.05 bits per heavy atom. The summed E-state index contributed by atoms with van der Waals surface area (Å²) < 4.78 is 0. The number of nitrogens with one attached hydrogen (secondary N) is 1. The molecule has 1 rings (SSSR count). The van der Waals surface area contributed by atoms with E-state index in [2.05, 4.69) is 31.0 Å². The van der Waals surface area contributed by atoms with Gasteiger partial charge in [0.2, 0.25) is 0 Å². The van der Waals surface area contributed by atoms with E-state index in [1.54, 1.807) is 0 Å². The van der Waals surface area contributed by atoms with Crippen molar-refractivity contribution in [2.45, 2.75) is 39.7 Å². The maximum Gasteiger partial charge on any atom is 0.105 e. The molecule has 0 amide bonds. The molecule has 0 radical (unpaired) electrons. The maximum atomic E-state index is 6.18. The molecule has 0 saturated heterocycles. The Labute approximate surface area is 138 Å². The van der Waals surface area contributed by atoms with Crippen LogP contribution in [0.1, 0.15) is 39.2 Å². The third-order valence-corrected chi connectivity index (χ3v) is 4.19. The standard InChI is InChI=1S/C16H26ClN3S/c1-4-20(5-2)10-6-7-12(3)19-13-8-9-14(16(18)21)15(17)11-13/h8-9,11-12,19H,4-7,10H2,1-3H3,(H2,18,21). The summed E-state index contributed by atoms with van der Waals surface area (Å²) in [7, 11) is 0. The first kappa shape index (κ1) is 18.2. The maximum absolute atomic E-state index is 6.18. The van der Waals surface area contributed by atoms with Crippen LogP contribution in [0.25, 0.3) is 0 Å². The van der Waals surface area contributed by atoms with Crippen molar-refractivity contribution in [2.24, 2.45) is 5.73 Å². The first-order valence-electron chi connectivity index (χ1n) is 7.56. The van der Waals surface area contributed by atoms with Crippen LogP contribution in [0.4, 0.5) is 5.69 Å². The molecule has 0 aromatic heterocycles. The SMILES string of the molecule is CCN(CC)CCCC(C)Nc1ccc(C(N)=S)c(Cl)c1. The molecule has 3 nitrogen and oxygen atoms in total. The fourth-order valence-electron chi connectivity index (χ4n) is 2.32. The third-order valence-electron chi connectivity index (χ3n) is 3.65. The second kappa shape index (κ2) is 9.23. The van der Waals surface area contributed by atoms with Crippen LogP contribution in [0.5, 0.6) is 0 Å². The van der Waals surface area contributed by atoms with Crippen LogP contribution >= 0.6 is 23.8 Å². The number of hydrogen-bond donors (Lipinski definition) is 2. The lowest BCUT2D eigenvalue weighted by Gasteiger charge is -2.20. The molecule has 1 aromatic carbocycles. The Morgan fingerprint density at radius 1 is 1.38 bits per heavy atom. The number of nitrogens with two attached hydrogens (primary N) is 1. The largest absolute Gasteiger partial charge is 0.389 e. The van der Waals surface area contributed by atoms with E-state index in [0.717, 1.165) is 37.3 Å². The number of nitrogens with zero attached hydrogens (tertiary/aromatic N) is 1. The Bertz CT molecular complexity index is 461. The predicted octanol–water partition coefficient (Wildman–Crippen LogP) is 3.90. The summed E-state index contributed by atoms with van der Waals surface area (Å²) in [6.45, 7) is 9.99. The molecule has 0 aliphatic heterocycles. The van der Waals surface area contributed by atoms with Gasteiger partial charge in [-0.05, 0) is 57.6 Å². The summed E-state index contributed by atoms with van der Waals surface area (Å²) in [5.74, 6) is 0. The molecule has 21 heavy (non-hydrogen) atoms. The van der Waals surface area contributed by atoms with Gasteiger partial charge in [-0.25, -0.2) is 0 Å². The van der Waals surface area contributed by atoms with E-state index in [0.29, 0.717) is 16.1 Å². The number of thiocarbonyl (C=S) groups is 1. The van der Waals surface area contributed by atoms with Gasteiger partial charge in [-0.1, -0.05) is 37.7 Å². The molecular weight excluding hydrogens is 302 g/mol. The lowest BCUT2D eigenvalue weighted by molar-refractivity contribution is 0.295. The van der Waals surface area contributed by atoms with Crippen molar-refractivity contribution in [2.75, 3.05) is 25.0 Å². The quantitative estimate of drug-likeness (QED) is 0.675. The van der Waals surface area contributed by atoms with E-state index in [-0.39, 0.29) is 0 Å². The number of anilines is 1. The van der Waals surface area contributed by atoms with Crippen molar-refractivity contribution in [3.63, 3.8) is 0 Å². The summed E-state index contributed by atoms with van der Waals surface area (Å²) in [4.78, 5) is 2.78. The van der Waals surface area contributed by atoms with Crippen LogP contribution in [-0.2, 0) is 0 Å².